The summed E-state index contributed by atoms with van der Waals surface area (Å²) in [6.07, 6.45) is 1.51. The van der Waals surface area contributed by atoms with Crippen molar-refractivity contribution in [2.75, 3.05) is 31.1 Å². The van der Waals surface area contributed by atoms with E-state index >= 15 is 0 Å². The van der Waals surface area contributed by atoms with Crippen LogP contribution in [-0.2, 0) is 7.05 Å². The van der Waals surface area contributed by atoms with Crippen LogP contribution in [0.15, 0.2) is 59.5 Å². The molecule has 0 amide bonds. The van der Waals surface area contributed by atoms with E-state index in [4.69, 9.17) is 0 Å². The van der Waals surface area contributed by atoms with Crippen LogP contribution in [0, 0.1) is 11.6 Å². The zero-order valence-corrected chi connectivity index (χ0v) is 17.5. The molecule has 2 aromatic heterocycles. The molecule has 0 radical (unpaired) electrons. The van der Waals surface area contributed by atoms with Gasteiger partial charge in [-0.1, -0.05) is 24.3 Å². The second-order valence-electron chi connectivity index (χ2n) is 7.92. The first kappa shape index (κ1) is 20.3. The van der Waals surface area contributed by atoms with Crippen LogP contribution < -0.4 is 10.5 Å². The molecule has 0 spiro atoms. The van der Waals surface area contributed by atoms with Crippen LogP contribution in [0.5, 0.6) is 0 Å². The Bertz CT molecular complexity index is 1250. The molecule has 1 N–H and O–H groups in total. The van der Waals surface area contributed by atoms with Crippen LogP contribution in [-0.4, -0.2) is 50.8 Å². The molecule has 4 aromatic rings. The number of fused-ring (bicyclic) bond motifs is 1. The summed E-state index contributed by atoms with van der Waals surface area (Å²) in [6, 6.07) is 12.7. The minimum Gasteiger partial charge on any atom is -0.340 e. The molecule has 164 valence electrons. The van der Waals surface area contributed by atoms with Gasteiger partial charge in [0.2, 0.25) is 5.95 Å². The zero-order chi connectivity index (χ0) is 22.2. The van der Waals surface area contributed by atoms with Gasteiger partial charge in [0.05, 0.1) is 12.2 Å². The Morgan fingerprint density at radius 3 is 2.03 bits per heavy atom. The Hall–Kier alpha value is -3.59. The van der Waals surface area contributed by atoms with Crippen LogP contribution >= 0.6 is 0 Å². The standard InChI is InChI=1S/C23H22F2N6O/c1-29-21-19(14-26-29)22(32)28-23(27-21)31-12-10-30(11-13-31)20(15-2-6-17(24)7-3-15)16-4-8-18(25)9-5-16/h2-9,14,20H,10-13H2,1H3,(H,27,28,32). The van der Waals surface area contributed by atoms with Gasteiger partial charge in [-0.3, -0.25) is 19.4 Å². The zero-order valence-electron chi connectivity index (χ0n) is 17.5. The lowest BCUT2D eigenvalue weighted by Gasteiger charge is -2.40. The van der Waals surface area contributed by atoms with Crippen molar-refractivity contribution in [1.82, 2.24) is 24.6 Å². The lowest BCUT2D eigenvalue weighted by Crippen LogP contribution is -2.48. The van der Waals surface area contributed by atoms with Crippen LogP contribution in [0.25, 0.3) is 11.0 Å². The van der Waals surface area contributed by atoms with E-state index in [0.29, 0.717) is 43.2 Å². The quantitative estimate of drug-likeness (QED) is 0.533. The molecular formula is C23H22F2N6O. The van der Waals surface area contributed by atoms with Crippen LogP contribution in [0.1, 0.15) is 17.2 Å². The molecule has 0 unspecified atom stereocenters. The van der Waals surface area contributed by atoms with Gasteiger partial charge in [0.25, 0.3) is 5.56 Å². The maximum Gasteiger partial charge on any atom is 0.263 e. The number of nitrogens with zero attached hydrogens (tertiary/aromatic N) is 5. The monoisotopic (exact) mass is 436 g/mol. The third kappa shape index (κ3) is 3.75. The highest BCUT2D eigenvalue weighted by Crippen LogP contribution is 2.30. The van der Waals surface area contributed by atoms with Gasteiger partial charge >= 0.3 is 0 Å². The normalized spacial score (nSPS) is 15.1. The molecular weight excluding hydrogens is 414 g/mol. The molecule has 0 bridgehead atoms. The van der Waals surface area contributed by atoms with Gasteiger partial charge in [-0.05, 0) is 35.4 Å². The third-order valence-corrected chi connectivity index (χ3v) is 5.94. The molecule has 2 aromatic carbocycles. The lowest BCUT2D eigenvalue weighted by molar-refractivity contribution is 0.211. The minimum atomic E-state index is -0.294. The summed E-state index contributed by atoms with van der Waals surface area (Å²) >= 11 is 0. The van der Waals surface area contributed by atoms with E-state index in [-0.39, 0.29) is 23.2 Å². The highest BCUT2D eigenvalue weighted by molar-refractivity contribution is 5.74. The van der Waals surface area contributed by atoms with Crippen LogP contribution in [0.4, 0.5) is 14.7 Å². The van der Waals surface area contributed by atoms with Gasteiger partial charge in [0, 0.05) is 33.2 Å². The average molecular weight is 436 g/mol. The van der Waals surface area contributed by atoms with Gasteiger partial charge in [0.1, 0.15) is 17.0 Å². The molecule has 1 fully saturated rings. The fourth-order valence-corrected chi connectivity index (χ4v) is 4.27. The van der Waals surface area contributed by atoms with Gasteiger partial charge < -0.3 is 4.90 Å². The highest BCUT2D eigenvalue weighted by Gasteiger charge is 2.27. The maximum absolute atomic E-state index is 13.5. The Balaban J connectivity index is 1.41. The number of aryl methyl sites for hydroxylation is 1. The van der Waals surface area contributed by atoms with Crippen molar-refractivity contribution in [2.24, 2.45) is 7.05 Å². The molecule has 0 aliphatic carbocycles. The van der Waals surface area contributed by atoms with Crippen molar-refractivity contribution < 1.29 is 8.78 Å². The largest absolute Gasteiger partial charge is 0.340 e. The highest BCUT2D eigenvalue weighted by atomic mass is 19.1. The number of rotatable bonds is 4. The van der Waals surface area contributed by atoms with E-state index in [1.54, 1.807) is 36.0 Å². The maximum atomic E-state index is 13.5. The topological polar surface area (TPSA) is 70.1 Å². The molecule has 1 saturated heterocycles. The molecule has 0 atom stereocenters. The number of anilines is 1. The van der Waals surface area contributed by atoms with E-state index in [0.717, 1.165) is 11.1 Å². The predicted octanol–water partition coefficient (Wildman–Crippen LogP) is 2.85. The van der Waals surface area contributed by atoms with Gasteiger partial charge in [-0.2, -0.15) is 10.1 Å². The van der Waals surface area contributed by atoms with Gasteiger partial charge in [-0.15, -0.1) is 0 Å². The molecule has 32 heavy (non-hydrogen) atoms. The molecule has 9 heteroatoms. The summed E-state index contributed by atoms with van der Waals surface area (Å²) in [7, 11) is 1.76. The van der Waals surface area contributed by atoms with Crippen molar-refractivity contribution >= 4 is 17.0 Å². The van der Waals surface area contributed by atoms with E-state index in [2.05, 4.69) is 20.0 Å². The number of benzene rings is 2. The fraction of sp³-hybridized carbons (Fsp3) is 0.261. The number of hydrogen-bond donors (Lipinski definition) is 1. The Kier molecular flexibility index (Phi) is 5.18. The summed E-state index contributed by atoms with van der Waals surface area (Å²) in [6.45, 7) is 2.66. The van der Waals surface area contributed by atoms with E-state index < -0.39 is 0 Å². The van der Waals surface area contributed by atoms with Crippen molar-refractivity contribution in [3.8, 4) is 0 Å². The average Bonchev–Trinajstić information content (AvgIpc) is 3.18. The number of H-pyrrole nitrogens is 1. The number of nitrogens with one attached hydrogen (secondary N) is 1. The van der Waals surface area contributed by atoms with Crippen LogP contribution in [0.2, 0.25) is 0 Å². The van der Waals surface area contributed by atoms with E-state index in [1.165, 1.54) is 30.5 Å². The van der Waals surface area contributed by atoms with E-state index in [9.17, 15) is 13.6 Å². The summed E-state index contributed by atoms with van der Waals surface area (Å²) in [5.74, 6) is -0.0695. The van der Waals surface area contributed by atoms with Crippen molar-refractivity contribution in [1.29, 1.82) is 0 Å². The molecule has 7 nitrogen and oxygen atoms in total. The summed E-state index contributed by atoms with van der Waals surface area (Å²) in [5.41, 5.74) is 2.21. The number of piperazine rings is 1. The Morgan fingerprint density at radius 2 is 1.47 bits per heavy atom. The predicted molar refractivity (Wildman–Crippen MR) is 118 cm³/mol. The number of aromatic amines is 1. The van der Waals surface area contributed by atoms with Crippen LogP contribution in [0.3, 0.4) is 0 Å². The van der Waals surface area contributed by atoms with Crippen molar-refractivity contribution in [3.63, 3.8) is 0 Å². The molecule has 3 heterocycles. The molecule has 1 aliphatic rings. The molecule has 1 aliphatic heterocycles. The number of aromatic nitrogens is 4. The van der Waals surface area contributed by atoms with Crippen molar-refractivity contribution in [2.45, 2.75) is 6.04 Å². The molecule has 5 rings (SSSR count). The fourth-order valence-electron chi connectivity index (χ4n) is 4.27. The van der Waals surface area contributed by atoms with E-state index in [1.807, 2.05) is 4.90 Å². The number of hydrogen-bond acceptors (Lipinski definition) is 5. The lowest BCUT2D eigenvalue weighted by atomic mass is 9.96. The van der Waals surface area contributed by atoms with Crippen molar-refractivity contribution in [3.05, 3.63) is 87.8 Å². The van der Waals surface area contributed by atoms with Gasteiger partial charge in [-0.25, -0.2) is 8.78 Å². The first-order chi connectivity index (χ1) is 15.5. The SMILES string of the molecule is Cn1ncc2c(=O)[nH]c(N3CCN(C(c4ccc(F)cc4)c4ccc(F)cc4)CC3)nc21. The van der Waals surface area contributed by atoms with Gasteiger partial charge in [0.15, 0.2) is 5.65 Å². The summed E-state index contributed by atoms with van der Waals surface area (Å²) < 4.78 is 28.6. The minimum absolute atomic E-state index is 0.134. The summed E-state index contributed by atoms with van der Waals surface area (Å²) in [4.78, 5) is 24.2. The second kappa shape index (κ2) is 8.16. The first-order valence-electron chi connectivity index (χ1n) is 10.4. The summed E-state index contributed by atoms with van der Waals surface area (Å²) in [5, 5.41) is 4.57. The first-order valence-corrected chi connectivity index (χ1v) is 10.4. The Morgan fingerprint density at radius 1 is 0.906 bits per heavy atom. The third-order valence-electron chi connectivity index (χ3n) is 5.94. The molecule has 0 saturated carbocycles. The number of halogens is 2. The Labute approximate surface area is 182 Å². The smallest absolute Gasteiger partial charge is 0.263 e. The second-order valence-corrected chi connectivity index (χ2v) is 7.92.